The summed E-state index contributed by atoms with van der Waals surface area (Å²) in [5.74, 6) is -1.28. The first-order valence-corrected chi connectivity index (χ1v) is 7.88. The molecular weight excluding hydrogens is 381 g/mol. The summed E-state index contributed by atoms with van der Waals surface area (Å²) >= 11 is 3.13. The number of nitrogens with one attached hydrogen (secondary N) is 1. The molecule has 0 heterocycles. The number of hydrogen-bond acceptors (Lipinski definition) is 4. The molecule has 2 aromatic rings. The van der Waals surface area contributed by atoms with Gasteiger partial charge in [-0.05, 0) is 53.2 Å². The molecule has 24 heavy (non-hydrogen) atoms. The number of para-hydroxylation sites is 1. The van der Waals surface area contributed by atoms with Crippen molar-refractivity contribution in [3.63, 3.8) is 0 Å². The van der Waals surface area contributed by atoms with Crippen molar-refractivity contribution in [2.24, 2.45) is 0 Å². The number of amides is 1. The van der Waals surface area contributed by atoms with E-state index in [9.17, 15) is 14.0 Å². The minimum atomic E-state index is -0.974. The van der Waals surface area contributed by atoms with Crippen molar-refractivity contribution in [2.75, 3.05) is 11.9 Å². The Hall–Kier alpha value is -2.41. The van der Waals surface area contributed by atoms with Crippen molar-refractivity contribution < 1.29 is 23.5 Å². The first-order chi connectivity index (χ1) is 11.5. The number of hydrogen-bond donors (Lipinski definition) is 1. The molecule has 2 rings (SSSR count). The zero-order chi connectivity index (χ0) is 17.5. The summed E-state index contributed by atoms with van der Waals surface area (Å²) in [6.07, 6.45) is -0.974. The number of esters is 1. The van der Waals surface area contributed by atoms with Gasteiger partial charge in [0.15, 0.2) is 12.7 Å². The number of rotatable bonds is 6. The second-order valence-electron chi connectivity index (χ2n) is 4.85. The molecule has 0 saturated carbocycles. The highest BCUT2D eigenvalue weighted by molar-refractivity contribution is 9.10. The van der Waals surface area contributed by atoms with Crippen LogP contribution < -0.4 is 10.1 Å². The second kappa shape index (κ2) is 8.44. The highest BCUT2D eigenvalue weighted by atomic mass is 79.9. The van der Waals surface area contributed by atoms with Crippen LogP contribution in [0.4, 0.5) is 10.1 Å². The first kappa shape index (κ1) is 17.9. The summed E-state index contributed by atoms with van der Waals surface area (Å²) in [7, 11) is 0. The van der Waals surface area contributed by atoms with Gasteiger partial charge in [0.25, 0.3) is 5.91 Å². The molecule has 0 bridgehead atoms. The molecule has 1 amide bonds. The fourth-order valence-corrected chi connectivity index (χ4v) is 2.24. The zero-order valence-electron chi connectivity index (χ0n) is 12.8. The van der Waals surface area contributed by atoms with E-state index in [1.807, 2.05) is 6.07 Å². The van der Waals surface area contributed by atoms with Crippen LogP contribution in [0.25, 0.3) is 0 Å². The van der Waals surface area contributed by atoms with Gasteiger partial charge in [0.05, 0.1) is 4.47 Å². The number of benzene rings is 2. The number of carbonyl (C=O) groups excluding carboxylic acids is 2. The largest absolute Gasteiger partial charge is 0.481 e. The number of carbonyl (C=O) groups is 2. The van der Waals surface area contributed by atoms with E-state index in [0.717, 1.165) is 0 Å². The van der Waals surface area contributed by atoms with E-state index < -0.39 is 30.4 Å². The summed E-state index contributed by atoms with van der Waals surface area (Å²) < 4.78 is 23.6. The molecule has 5 nitrogen and oxygen atoms in total. The highest BCUT2D eigenvalue weighted by Gasteiger charge is 2.18. The minimum Gasteiger partial charge on any atom is -0.481 e. The van der Waals surface area contributed by atoms with Crippen molar-refractivity contribution in [2.45, 2.75) is 13.0 Å². The first-order valence-electron chi connectivity index (χ1n) is 7.09. The van der Waals surface area contributed by atoms with Gasteiger partial charge in [0, 0.05) is 5.69 Å². The molecule has 1 atom stereocenters. The third-order valence-corrected chi connectivity index (χ3v) is 3.58. The third kappa shape index (κ3) is 5.34. The van der Waals surface area contributed by atoms with Gasteiger partial charge in [-0.1, -0.05) is 18.2 Å². The number of ether oxygens (including phenoxy) is 2. The van der Waals surface area contributed by atoms with Crippen molar-refractivity contribution in [3.8, 4) is 5.75 Å². The standard InChI is InChI=1S/C17H15BrFNO4/c1-11(17(22)20-13-5-3-2-4-6-13)24-16(21)10-23-15-8-7-12(19)9-14(15)18/h2-9,11H,10H2,1H3,(H,20,22)/t11-/m1/s1. The monoisotopic (exact) mass is 395 g/mol. The predicted octanol–water partition coefficient (Wildman–Crippen LogP) is 3.54. The minimum absolute atomic E-state index is 0.301. The molecule has 126 valence electrons. The molecule has 0 aromatic heterocycles. The Balaban J connectivity index is 1.81. The van der Waals surface area contributed by atoms with Crippen LogP contribution in [0.15, 0.2) is 53.0 Å². The maximum Gasteiger partial charge on any atom is 0.344 e. The Morgan fingerprint density at radius 1 is 1.21 bits per heavy atom. The lowest BCUT2D eigenvalue weighted by Crippen LogP contribution is -2.31. The third-order valence-electron chi connectivity index (χ3n) is 2.96. The normalized spacial score (nSPS) is 11.5. The van der Waals surface area contributed by atoms with Crippen molar-refractivity contribution in [1.29, 1.82) is 0 Å². The van der Waals surface area contributed by atoms with Gasteiger partial charge in [-0.2, -0.15) is 0 Å². The molecular formula is C17H15BrFNO4. The Labute approximate surface area is 146 Å². The van der Waals surface area contributed by atoms with Gasteiger partial charge in [0.1, 0.15) is 11.6 Å². The molecule has 1 N–H and O–H groups in total. The lowest BCUT2D eigenvalue weighted by molar-refractivity contribution is -0.155. The fourth-order valence-electron chi connectivity index (χ4n) is 1.78. The number of anilines is 1. The van der Waals surface area contributed by atoms with Gasteiger partial charge in [-0.3, -0.25) is 4.79 Å². The van der Waals surface area contributed by atoms with E-state index in [0.29, 0.717) is 15.9 Å². The van der Waals surface area contributed by atoms with E-state index in [1.54, 1.807) is 24.3 Å². The molecule has 0 spiro atoms. The lowest BCUT2D eigenvalue weighted by Gasteiger charge is -2.14. The second-order valence-corrected chi connectivity index (χ2v) is 5.71. The van der Waals surface area contributed by atoms with Gasteiger partial charge in [-0.25, -0.2) is 9.18 Å². The molecule has 0 unspecified atom stereocenters. The van der Waals surface area contributed by atoms with Crippen LogP contribution in [0.1, 0.15) is 6.92 Å². The summed E-state index contributed by atoms with van der Waals surface area (Å²) in [5.41, 5.74) is 0.608. The van der Waals surface area contributed by atoms with Gasteiger partial charge >= 0.3 is 5.97 Å². The van der Waals surface area contributed by atoms with Crippen LogP contribution in [-0.2, 0) is 14.3 Å². The van der Waals surface area contributed by atoms with Gasteiger partial charge in [0.2, 0.25) is 0 Å². The average Bonchev–Trinajstić information content (AvgIpc) is 2.55. The summed E-state index contributed by atoms with van der Waals surface area (Å²) in [5, 5.41) is 2.63. The molecule has 0 fully saturated rings. The quantitative estimate of drug-likeness (QED) is 0.759. The van der Waals surface area contributed by atoms with E-state index in [1.165, 1.54) is 25.1 Å². The predicted molar refractivity (Wildman–Crippen MR) is 90.2 cm³/mol. The van der Waals surface area contributed by atoms with Crippen LogP contribution in [0, 0.1) is 5.82 Å². The van der Waals surface area contributed by atoms with Crippen molar-refractivity contribution >= 4 is 33.5 Å². The molecule has 0 aliphatic heterocycles. The lowest BCUT2D eigenvalue weighted by atomic mass is 10.3. The highest BCUT2D eigenvalue weighted by Crippen LogP contribution is 2.25. The van der Waals surface area contributed by atoms with E-state index in [-0.39, 0.29) is 0 Å². The molecule has 7 heteroatoms. The summed E-state index contributed by atoms with van der Waals surface area (Å²) in [6, 6.07) is 12.6. The summed E-state index contributed by atoms with van der Waals surface area (Å²) in [6.45, 7) is 1.07. The Kier molecular flexibility index (Phi) is 6.31. The van der Waals surface area contributed by atoms with Crippen LogP contribution >= 0.6 is 15.9 Å². The van der Waals surface area contributed by atoms with Crippen LogP contribution in [0.3, 0.4) is 0 Å². The SMILES string of the molecule is C[C@@H](OC(=O)COc1ccc(F)cc1Br)C(=O)Nc1ccccc1. The van der Waals surface area contributed by atoms with Crippen LogP contribution in [-0.4, -0.2) is 24.6 Å². The van der Waals surface area contributed by atoms with Gasteiger partial charge < -0.3 is 14.8 Å². The van der Waals surface area contributed by atoms with Crippen LogP contribution in [0.2, 0.25) is 0 Å². The van der Waals surface area contributed by atoms with Crippen molar-refractivity contribution in [3.05, 3.63) is 58.8 Å². The van der Waals surface area contributed by atoms with Crippen LogP contribution in [0.5, 0.6) is 5.75 Å². The Morgan fingerprint density at radius 3 is 2.58 bits per heavy atom. The fraction of sp³-hybridized carbons (Fsp3) is 0.176. The number of halogens is 2. The van der Waals surface area contributed by atoms with Crippen molar-refractivity contribution in [1.82, 2.24) is 0 Å². The molecule has 0 radical (unpaired) electrons. The smallest absolute Gasteiger partial charge is 0.344 e. The Bertz CT molecular complexity index is 724. The molecule has 2 aromatic carbocycles. The molecule has 0 aliphatic rings. The van der Waals surface area contributed by atoms with Gasteiger partial charge in [-0.15, -0.1) is 0 Å². The van der Waals surface area contributed by atoms with E-state index in [2.05, 4.69) is 21.2 Å². The van der Waals surface area contributed by atoms with E-state index in [4.69, 9.17) is 9.47 Å². The summed E-state index contributed by atoms with van der Waals surface area (Å²) in [4.78, 5) is 23.7. The maximum absolute atomic E-state index is 13.0. The Morgan fingerprint density at radius 2 is 1.92 bits per heavy atom. The zero-order valence-corrected chi connectivity index (χ0v) is 14.4. The molecule has 0 aliphatic carbocycles. The molecule has 0 saturated heterocycles. The van der Waals surface area contributed by atoms with E-state index >= 15 is 0 Å². The topological polar surface area (TPSA) is 64.6 Å². The average molecular weight is 396 g/mol. The maximum atomic E-state index is 13.0.